The van der Waals surface area contributed by atoms with Crippen LogP contribution in [0.25, 0.3) is 10.9 Å². The molecule has 0 aliphatic heterocycles. The largest absolute Gasteiger partial charge is 0.397 e. The van der Waals surface area contributed by atoms with Gasteiger partial charge in [-0.05, 0) is 12.1 Å². The van der Waals surface area contributed by atoms with Crippen LogP contribution in [0, 0.1) is 0 Å². The van der Waals surface area contributed by atoms with Crippen LogP contribution in [0.1, 0.15) is 0 Å². The summed E-state index contributed by atoms with van der Waals surface area (Å²) < 4.78 is 24.2. The van der Waals surface area contributed by atoms with Gasteiger partial charge in [-0.2, -0.15) is 5.10 Å². The van der Waals surface area contributed by atoms with Crippen LogP contribution in [0.5, 0.6) is 0 Å². The number of nitrogens with two attached hydrogens (primary N) is 1. The van der Waals surface area contributed by atoms with E-state index in [9.17, 15) is 8.78 Å². The van der Waals surface area contributed by atoms with Crippen molar-refractivity contribution in [1.82, 2.24) is 10.2 Å². The molecule has 5 nitrogen and oxygen atoms in total. The molecule has 0 fully saturated rings. The lowest BCUT2D eigenvalue weighted by molar-refractivity contribution is 0.00385. The zero-order valence-electron chi connectivity index (χ0n) is 8.82. The summed E-state index contributed by atoms with van der Waals surface area (Å²) in [6.45, 7) is -0.262. The topological polar surface area (TPSA) is 87.0 Å². The first kappa shape index (κ1) is 11.6. The first-order valence-electron chi connectivity index (χ1n) is 5.00. The van der Waals surface area contributed by atoms with Crippen molar-refractivity contribution in [3.05, 3.63) is 18.3 Å². The average molecular weight is 242 g/mol. The normalized spacial score (nSPS) is 13.2. The fraction of sp³-hybridized carbons (Fsp3) is 0.300. The monoisotopic (exact) mass is 242 g/mol. The minimum Gasteiger partial charge on any atom is -0.397 e. The van der Waals surface area contributed by atoms with E-state index in [0.29, 0.717) is 11.4 Å². The number of hydrogen-bond acceptors (Lipinski definition) is 4. The molecule has 5 N–H and O–H groups in total. The molecule has 1 unspecified atom stereocenters. The van der Waals surface area contributed by atoms with Crippen molar-refractivity contribution in [2.24, 2.45) is 0 Å². The van der Waals surface area contributed by atoms with Gasteiger partial charge in [0, 0.05) is 11.9 Å². The van der Waals surface area contributed by atoms with Gasteiger partial charge in [0.25, 0.3) is 6.43 Å². The molecular weight excluding hydrogens is 230 g/mol. The molecule has 7 heteroatoms. The smallest absolute Gasteiger partial charge is 0.265 e. The van der Waals surface area contributed by atoms with Crippen LogP contribution in [0.3, 0.4) is 0 Å². The molecule has 2 rings (SSSR count). The molecule has 17 heavy (non-hydrogen) atoms. The average Bonchev–Trinajstić information content (AvgIpc) is 2.72. The molecule has 0 aliphatic rings. The highest BCUT2D eigenvalue weighted by molar-refractivity contribution is 5.88. The molecule has 0 saturated heterocycles. The number of alkyl halides is 2. The summed E-state index contributed by atoms with van der Waals surface area (Å²) in [5.74, 6) is 0. The summed E-state index contributed by atoms with van der Waals surface area (Å²) in [4.78, 5) is 0. The maximum Gasteiger partial charge on any atom is 0.265 e. The zero-order valence-corrected chi connectivity index (χ0v) is 8.82. The van der Waals surface area contributed by atoms with E-state index in [1.807, 2.05) is 0 Å². The zero-order chi connectivity index (χ0) is 12.4. The Balaban J connectivity index is 2.15. The molecule has 0 bridgehead atoms. The number of benzene rings is 1. The third-order valence-corrected chi connectivity index (χ3v) is 2.40. The number of hydrogen-bond donors (Lipinski definition) is 4. The fourth-order valence-corrected chi connectivity index (χ4v) is 1.47. The minimum absolute atomic E-state index is 0.262. The van der Waals surface area contributed by atoms with Crippen LogP contribution in [-0.2, 0) is 0 Å². The van der Waals surface area contributed by atoms with Crippen molar-refractivity contribution in [2.45, 2.75) is 12.5 Å². The number of aliphatic hydroxyl groups is 1. The molecule has 92 valence electrons. The Labute approximate surface area is 95.6 Å². The lowest BCUT2D eigenvalue weighted by atomic mass is 10.2. The van der Waals surface area contributed by atoms with Crippen molar-refractivity contribution in [3.8, 4) is 0 Å². The molecule has 0 aliphatic carbocycles. The van der Waals surface area contributed by atoms with Gasteiger partial charge < -0.3 is 16.2 Å². The van der Waals surface area contributed by atoms with E-state index in [-0.39, 0.29) is 6.54 Å². The SMILES string of the molecule is Nc1cc2cn[nH]c2cc1NCC(O)C(F)F. The number of aliphatic hydroxyl groups excluding tert-OH is 1. The van der Waals surface area contributed by atoms with Gasteiger partial charge in [-0.1, -0.05) is 0 Å². The van der Waals surface area contributed by atoms with Crippen LogP contribution >= 0.6 is 0 Å². The van der Waals surface area contributed by atoms with Gasteiger partial charge in [0.15, 0.2) is 0 Å². The Morgan fingerprint density at radius 3 is 2.94 bits per heavy atom. The minimum atomic E-state index is -2.78. The van der Waals surface area contributed by atoms with Crippen molar-refractivity contribution >= 4 is 22.3 Å². The molecule has 1 aromatic heterocycles. The second-order valence-corrected chi connectivity index (χ2v) is 3.68. The van der Waals surface area contributed by atoms with Gasteiger partial charge in [0.1, 0.15) is 6.10 Å². The Hall–Kier alpha value is -1.89. The van der Waals surface area contributed by atoms with E-state index in [2.05, 4.69) is 15.5 Å². The third-order valence-electron chi connectivity index (χ3n) is 2.40. The van der Waals surface area contributed by atoms with Crippen LogP contribution in [0.15, 0.2) is 18.3 Å². The van der Waals surface area contributed by atoms with Gasteiger partial charge >= 0.3 is 0 Å². The number of nitrogen functional groups attached to an aromatic ring is 1. The molecule has 0 amide bonds. The molecule has 0 radical (unpaired) electrons. The number of anilines is 2. The standard InChI is InChI=1S/C10H12F2N4O/c11-10(12)9(17)4-14-8-2-7-5(1-6(8)13)3-15-16-7/h1-3,9-10,14,17H,4,13H2,(H,15,16). The maximum atomic E-state index is 12.1. The van der Waals surface area contributed by atoms with Crippen molar-refractivity contribution in [1.29, 1.82) is 0 Å². The predicted octanol–water partition coefficient (Wildman–Crippen LogP) is 1.18. The van der Waals surface area contributed by atoms with Crippen molar-refractivity contribution < 1.29 is 13.9 Å². The Kier molecular flexibility index (Phi) is 3.10. The first-order valence-corrected chi connectivity index (χ1v) is 5.00. The van der Waals surface area contributed by atoms with E-state index in [4.69, 9.17) is 10.8 Å². The Morgan fingerprint density at radius 2 is 2.24 bits per heavy atom. The third kappa shape index (κ3) is 2.44. The van der Waals surface area contributed by atoms with Gasteiger partial charge in [-0.3, -0.25) is 5.10 Å². The van der Waals surface area contributed by atoms with Gasteiger partial charge in [0.2, 0.25) is 0 Å². The number of aromatic nitrogens is 2. The van der Waals surface area contributed by atoms with E-state index < -0.39 is 12.5 Å². The van der Waals surface area contributed by atoms with Crippen LogP contribution in [-0.4, -0.2) is 34.4 Å². The van der Waals surface area contributed by atoms with Crippen molar-refractivity contribution in [2.75, 3.05) is 17.6 Å². The van der Waals surface area contributed by atoms with Crippen molar-refractivity contribution in [3.63, 3.8) is 0 Å². The van der Waals surface area contributed by atoms with E-state index in [1.54, 1.807) is 18.3 Å². The number of nitrogens with one attached hydrogen (secondary N) is 2. The summed E-state index contributed by atoms with van der Waals surface area (Å²) >= 11 is 0. The molecule has 1 atom stereocenters. The highest BCUT2D eigenvalue weighted by Crippen LogP contribution is 2.24. The lowest BCUT2D eigenvalue weighted by Crippen LogP contribution is -2.27. The molecular formula is C10H12F2N4O. The van der Waals surface area contributed by atoms with Crippen LogP contribution in [0.4, 0.5) is 20.2 Å². The number of nitrogens with zero attached hydrogens (tertiary/aromatic N) is 1. The Morgan fingerprint density at radius 1 is 1.47 bits per heavy atom. The lowest BCUT2D eigenvalue weighted by Gasteiger charge is -2.13. The van der Waals surface area contributed by atoms with Crippen LogP contribution < -0.4 is 11.1 Å². The van der Waals surface area contributed by atoms with Gasteiger partial charge in [0.05, 0.1) is 23.1 Å². The highest BCUT2D eigenvalue weighted by Gasteiger charge is 2.16. The van der Waals surface area contributed by atoms with E-state index >= 15 is 0 Å². The molecule has 0 spiro atoms. The second kappa shape index (κ2) is 4.54. The van der Waals surface area contributed by atoms with Gasteiger partial charge in [-0.25, -0.2) is 8.78 Å². The van der Waals surface area contributed by atoms with Gasteiger partial charge in [-0.15, -0.1) is 0 Å². The number of fused-ring (bicyclic) bond motifs is 1. The summed E-state index contributed by atoms with van der Waals surface area (Å²) in [5, 5.41) is 19.1. The quantitative estimate of drug-likeness (QED) is 0.606. The molecule has 1 aromatic carbocycles. The summed E-state index contributed by atoms with van der Waals surface area (Å²) in [6, 6.07) is 3.34. The van der Waals surface area contributed by atoms with E-state index in [0.717, 1.165) is 10.9 Å². The maximum absolute atomic E-state index is 12.1. The first-order chi connectivity index (χ1) is 8.08. The highest BCUT2D eigenvalue weighted by atomic mass is 19.3. The molecule has 0 saturated carbocycles. The summed E-state index contributed by atoms with van der Waals surface area (Å²) in [7, 11) is 0. The van der Waals surface area contributed by atoms with E-state index in [1.165, 1.54) is 0 Å². The second-order valence-electron chi connectivity index (χ2n) is 3.68. The molecule has 1 heterocycles. The predicted molar refractivity (Wildman–Crippen MR) is 61.0 cm³/mol. The summed E-state index contributed by atoms with van der Waals surface area (Å²) in [5.41, 5.74) is 7.38. The van der Waals surface area contributed by atoms with Crippen LogP contribution in [0.2, 0.25) is 0 Å². The molecule has 2 aromatic rings. The fourth-order valence-electron chi connectivity index (χ4n) is 1.47. The number of H-pyrrole nitrogens is 1. The number of halogens is 2. The Bertz CT molecular complexity index is 514. The number of aromatic amines is 1. The number of rotatable bonds is 4. The summed E-state index contributed by atoms with van der Waals surface area (Å²) in [6.07, 6.45) is -2.88.